The number of fused-ring (bicyclic) bond motifs is 1. The van der Waals surface area contributed by atoms with Crippen molar-refractivity contribution in [3.05, 3.63) is 53.2 Å². The van der Waals surface area contributed by atoms with Crippen LogP contribution in [-0.4, -0.2) is 46.3 Å². The van der Waals surface area contributed by atoms with Gasteiger partial charge in [0.2, 0.25) is 5.82 Å². The normalized spacial score (nSPS) is 11.1. The molecule has 9 nitrogen and oxygen atoms in total. The fraction of sp³-hybridized carbons (Fsp3) is 0.280. The van der Waals surface area contributed by atoms with Crippen LogP contribution in [0.15, 0.2) is 47.1 Å². The van der Waals surface area contributed by atoms with Gasteiger partial charge in [0, 0.05) is 29.3 Å². The molecule has 2 heterocycles. The Morgan fingerprint density at radius 3 is 2.80 bits per heavy atom. The Kier molecular flexibility index (Phi) is 7.36. The molecule has 1 amide bonds. The lowest BCUT2D eigenvalue weighted by molar-refractivity contribution is -0.142. The maximum Gasteiger partial charge on any atom is 0.307 e. The van der Waals surface area contributed by atoms with E-state index in [9.17, 15) is 9.59 Å². The van der Waals surface area contributed by atoms with Crippen LogP contribution in [0.3, 0.4) is 0 Å². The molecule has 2 N–H and O–H groups in total. The van der Waals surface area contributed by atoms with E-state index in [2.05, 4.69) is 20.4 Å². The van der Waals surface area contributed by atoms with Crippen molar-refractivity contribution in [3.63, 3.8) is 0 Å². The van der Waals surface area contributed by atoms with E-state index in [1.165, 1.54) is 0 Å². The lowest BCUT2D eigenvalue weighted by Crippen LogP contribution is -2.26. The Labute approximate surface area is 206 Å². The number of esters is 1. The average Bonchev–Trinajstić information content (AvgIpc) is 3.48. The van der Waals surface area contributed by atoms with Crippen molar-refractivity contribution in [2.45, 2.75) is 33.3 Å². The predicted octanol–water partition coefficient (Wildman–Crippen LogP) is 5.01. The van der Waals surface area contributed by atoms with E-state index in [0.29, 0.717) is 56.7 Å². The highest BCUT2D eigenvalue weighted by Gasteiger charge is 2.19. The number of nitrogens with one attached hydrogen (secondary N) is 2. The second-order valence-electron chi connectivity index (χ2n) is 7.98. The quantitative estimate of drug-likeness (QED) is 0.312. The number of hydrogen-bond acceptors (Lipinski definition) is 7. The molecule has 0 atom stereocenters. The number of benzene rings is 2. The fourth-order valence-electron chi connectivity index (χ4n) is 3.57. The van der Waals surface area contributed by atoms with Crippen molar-refractivity contribution in [1.29, 1.82) is 0 Å². The van der Waals surface area contributed by atoms with Crippen molar-refractivity contribution >= 4 is 34.4 Å². The minimum absolute atomic E-state index is 0.000758. The van der Waals surface area contributed by atoms with Gasteiger partial charge in [-0.15, -0.1) is 0 Å². The molecule has 0 aliphatic heterocycles. The number of amides is 1. The van der Waals surface area contributed by atoms with Crippen LogP contribution in [-0.2, 0) is 9.53 Å². The molecule has 0 bridgehead atoms. The third kappa shape index (κ3) is 5.46. The third-order valence-corrected chi connectivity index (χ3v) is 5.38. The first-order valence-corrected chi connectivity index (χ1v) is 11.6. The van der Waals surface area contributed by atoms with E-state index in [4.69, 9.17) is 25.6 Å². The zero-order chi connectivity index (χ0) is 24.9. The van der Waals surface area contributed by atoms with Crippen LogP contribution in [0.1, 0.15) is 37.6 Å². The number of hydrogen-bond donors (Lipinski definition) is 2. The number of aromatic amines is 1. The molecule has 0 saturated heterocycles. The smallest absolute Gasteiger partial charge is 0.307 e. The zero-order valence-corrected chi connectivity index (χ0v) is 20.3. The number of H-pyrrole nitrogens is 1. The number of nitrogens with zero attached hydrogens (tertiary/aromatic N) is 2. The second kappa shape index (κ2) is 10.6. The van der Waals surface area contributed by atoms with E-state index in [-0.39, 0.29) is 30.9 Å². The molecule has 0 aliphatic carbocycles. The van der Waals surface area contributed by atoms with E-state index in [1.807, 2.05) is 32.0 Å². The molecule has 0 radical (unpaired) electrons. The van der Waals surface area contributed by atoms with Crippen molar-refractivity contribution in [1.82, 2.24) is 20.4 Å². The molecule has 0 fully saturated rings. The number of rotatable bonds is 9. The molecule has 35 heavy (non-hydrogen) atoms. The number of para-hydroxylation sites is 1. The highest BCUT2D eigenvalue weighted by molar-refractivity contribution is 6.32. The summed E-state index contributed by atoms with van der Waals surface area (Å²) in [7, 11) is 0. The third-order valence-electron chi connectivity index (χ3n) is 5.09. The molecule has 0 spiro atoms. The molecule has 4 rings (SSSR count). The number of halogens is 1. The highest BCUT2D eigenvalue weighted by Crippen LogP contribution is 2.33. The van der Waals surface area contributed by atoms with Gasteiger partial charge >= 0.3 is 5.97 Å². The summed E-state index contributed by atoms with van der Waals surface area (Å²) in [5.74, 6) is 0.586. The average molecular weight is 497 g/mol. The van der Waals surface area contributed by atoms with Gasteiger partial charge in [0.1, 0.15) is 5.75 Å². The molecule has 0 saturated carbocycles. The maximum atomic E-state index is 12.7. The monoisotopic (exact) mass is 496 g/mol. The van der Waals surface area contributed by atoms with Crippen LogP contribution in [0.25, 0.3) is 33.7 Å². The molecule has 2 aromatic heterocycles. The number of aromatic nitrogens is 3. The Morgan fingerprint density at radius 1 is 1.23 bits per heavy atom. The van der Waals surface area contributed by atoms with Gasteiger partial charge in [-0.2, -0.15) is 4.98 Å². The first kappa shape index (κ1) is 24.3. The van der Waals surface area contributed by atoms with Gasteiger partial charge in [-0.25, -0.2) is 0 Å². The van der Waals surface area contributed by atoms with Gasteiger partial charge in [-0.05, 0) is 45.0 Å². The molecule has 0 unspecified atom stereocenters. The molecule has 0 aliphatic rings. The summed E-state index contributed by atoms with van der Waals surface area (Å²) in [4.78, 5) is 31.8. The summed E-state index contributed by atoms with van der Waals surface area (Å²) in [6.07, 6.45) is 1.72. The highest BCUT2D eigenvalue weighted by atomic mass is 35.5. The summed E-state index contributed by atoms with van der Waals surface area (Å²) >= 11 is 6.34. The molecule has 4 aromatic rings. The lowest BCUT2D eigenvalue weighted by atomic mass is 10.1. The molecule has 10 heteroatoms. The van der Waals surface area contributed by atoms with Crippen LogP contribution in [0, 0.1) is 0 Å². The number of carbonyl (C=O) groups excluding carboxylic acids is 2. The largest absolute Gasteiger partial charge is 0.489 e. The Bertz CT molecular complexity index is 1360. The maximum absolute atomic E-state index is 12.7. The van der Waals surface area contributed by atoms with Crippen LogP contribution < -0.4 is 10.1 Å². The second-order valence-corrected chi connectivity index (χ2v) is 8.38. The van der Waals surface area contributed by atoms with Crippen molar-refractivity contribution in [2.24, 2.45) is 0 Å². The Morgan fingerprint density at radius 2 is 2.06 bits per heavy atom. The summed E-state index contributed by atoms with van der Waals surface area (Å²) in [5.41, 5.74) is 2.47. The topological polar surface area (TPSA) is 119 Å². The van der Waals surface area contributed by atoms with Crippen LogP contribution in [0.4, 0.5) is 0 Å². The van der Waals surface area contributed by atoms with Crippen LogP contribution in [0.2, 0.25) is 5.02 Å². The molecule has 2 aromatic carbocycles. The minimum Gasteiger partial charge on any atom is -0.489 e. The van der Waals surface area contributed by atoms with Crippen molar-refractivity contribution < 1.29 is 23.6 Å². The van der Waals surface area contributed by atoms with Gasteiger partial charge in [-0.1, -0.05) is 28.9 Å². The van der Waals surface area contributed by atoms with E-state index >= 15 is 0 Å². The lowest BCUT2D eigenvalue weighted by Gasteiger charge is -2.11. The van der Waals surface area contributed by atoms with Crippen LogP contribution in [0.5, 0.6) is 5.75 Å². The summed E-state index contributed by atoms with van der Waals surface area (Å²) in [5, 5.41) is 8.00. The first-order valence-electron chi connectivity index (χ1n) is 11.2. The van der Waals surface area contributed by atoms with E-state index in [0.717, 1.165) is 0 Å². The standard InChI is InChI=1S/C25H25ClN4O5/c1-4-33-21(31)10-11-27-24(32)18-13-28-22-16(18)6-5-7-17(22)23-29-25(35-30-23)15-8-9-20(19(26)12-15)34-14(2)3/h5-9,12-14,28H,4,10-11H2,1-3H3,(H,27,32). The molecular formula is C25H25ClN4O5. The Balaban J connectivity index is 1.55. The fourth-order valence-corrected chi connectivity index (χ4v) is 3.79. The number of ether oxygens (including phenoxy) is 2. The van der Waals surface area contributed by atoms with E-state index in [1.54, 1.807) is 31.3 Å². The SMILES string of the molecule is CCOC(=O)CCNC(=O)c1c[nH]c2c(-c3noc(-c4ccc(OC(C)C)c(Cl)c4)n3)cccc12. The summed E-state index contributed by atoms with van der Waals surface area (Å²) in [6.45, 7) is 6.07. The van der Waals surface area contributed by atoms with Gasteiger partial charge in [0.05, 0.1) is 35.2 Å². The van der Waals surface area contributed by atoms with Gasteiger partial charge in [0.25, 0.3) is 11.8 Å². The minimum atomic E-state index is -0.356. The van der Waals surface area contributed by atoms with Gasteiger partial charge in [-0.3, -0.25) is 9.59 Å². The predicted molar refractivity (Wildman–Crippen MR) is 131 cm³/mol. The molecule has 182 valence electrons. The van der Waals surface area contributed by atoms with Gasteiger partial charge in [0.15, 0.2) is 0 Å². The first-order chi connectivity index (χ1) is 16.9. The van der Waals surface area contributed by atoms with Gasteiger partial charge < -0.3 is 24.3 Å². The van der Waals surface area contributed by atoms with Crippen molar-refractivity contribution in [3.8, 4) is 28.6 Å². The van der Waals surface area contributed by atoms with Crippen LogP contribution >= 0.6 is 11.6 Å². The van der Waals surface area contributed by atoms with E-state index < -0.39 is 0 Å². The zero-order valence-electron chi connectivity index (χ0n) is 19.6. The number of carbonyl (C=O) groups is 2. The molecular weight excluding hydrogens is 472 g/mol. The van der Waals surface area contributed by atoms with Crippen molar-refractivity contribution in [2.75, 3.05) is 13.2 Å². The summed E-state index contributed by atoms with van der Waals surface area (Å²) in [6, 6.07) is 10.7. The Hall–Kier alpha value is -3.85. The summed E-state index contributed by atoms with van der Waals surface area (Å²) < 4.78 is 16.0.